The van der Waals surface area contributed by atoms with E-state index < -0.39 is 0 Å². The molecule has 1 aliphatic rings. The molecule has 3 rings (SSSR count). The van der Waals surface area contributed by atoms with Crippen molar-refractivity contribution in [2.45, 2.75) is 65.2 Å². The van der Waals surface area contributed by atoms with Crippen molar-refractivity contribution in [3.8, 4) is 11.5 Å². The highest BCUT2D eigenvalue weighted by molar-refractivity contribution is 5.74. The Labute approximate surface area is 192 Å². The molecule has 2 atom stereocenters. The SMILES string of the molecule is CC[C@H](NC(=O)NC(C)C)[C@H]1c2cc(OC)c(OC)cc2CCN1Cc1ccc(C)cc1. The predicted molar refractivity (Wildman–Crippen MR) is 128 cm³/mol. The minimum absolute atomic E-state index is 0.0303. The fourth-order valence-electron chi connectivity index (χ4n) is 4.48. The molecule has 0 saturated carbocycles. The zero-order chi connectivity index (χ0) is 23.3. The van der Waals surface area contributed by atoms with Crippen LogP contribution in [0.25, 0.3) is 0 Å². The van der Waals surface area contributed by atoms with Gasteiger partial charge in [-0.05, 0) is 62.4 Å². The summed E-state index contributed by atoms with van der Waals surface area (Å²) < 4.78 is 11.2. The van der Waals surface area contributed by atoms with Crippen molar-refractivity contribution < 1.29 is 14.3 Å². The van der Waals surface area contributed by atoms with Crippen LogP contribution < -0.4 is 20.1 Å². The van der Waals surface area contributed by atoms with Gasteiger partial charge >= 0.3 is 6.03 Å². The van der Waals surface area contributed by atoms with E-state index in [4.69, 9.17) is 9.47 Å². The Bertz CT molecular complexity index is 911. The molecule has 0 aliphatic carbocycles. The maximum atomic E-state index is 12.6. The molecule has 0 bridgehead atoms. The van der Waals surface area contributed by atoms with Crippen molar-refractivity contribution in [3.05, 3.63) is 58.7 Å². The van der Waals surface area contributed by atoms with Crippen LogP contribution in [-0.4, -0.2) is 43.8 Å². The van der Waals surface area contributed by atoms with Crippen LogP contribution in [0.2, 0.25) is 0 Å². The lowest BCUT2D eigenvalue weighted by Crippen LogP contribution is -2.51. The van der Waals surface area contributed by atoms with Crippen molar-refractivity contribution in [1.29, 1.82) is 0 Å². The molecule has 0 fully saturated rings. The summed E-state index contributed by atoms with van der Waals surface area (Å²) in [5.41, 5.74) is 4.96. The molecule has 0 saturated heterocycles. The summed E-state index contributed by atoms with van der Waals surface area (Å²) in [6, 6.07) is 12.8. The predicted octanol–water partition coefficient (Wildman–Crippen LogP) is 4.60. The second kappa shape index (κ2) is 10.7. The molecule has 174 valence electrons. The van der Waals surface area contributed by atoms with Gasteiger partial charge in [0, 0.05) is 19.1 Å². The highest BCUT2D eigenvalue weighted by atomic mass is 16.5. The zero-order valence-corrected chi connectivity index (χ0v) is 20.2. The van der Waals surface area contributed by atoms with Crippen molar-refractivity contribution >= 4 is 6.03 Å². The second-order valence-electron chi connectivity index (χ2n) is 8.84. The van der Waals surface area contributed by atoms with Crippen LogP contribution in [0.3, 0.4) is 0 Å². The number of amides is 2. The Morgan fingerprint density at radius 1 is 1.09 bits per heavy atom. The smallest absolute Gasteiger partial charge is 0.315 e. The van der Waals surface area contributed by atoms with Gasteiger partial charge in [-0.3, -0.25) is 4.90 Å². The second-order valence-corrected chi connectivity index (χ2v) is 8.84. The summed E-state index contributed by atoms with van der Waals surface area (Å²) in [4.78, 5) is 15.1. The van der Waals surface area contributed by atoms with Crippen LogP contribution >= 0.6 is 0 Å². The molecule has 0 aromatic heterocycles. The van der Waals surface area contributed by atoms with Crippen LogP contribution in [-0.2, 0) is 13.0 Å². The van der Waals surface area contributed by atoms with E-state index in [9.17, 15) is 4.79 Å². The highest BCUT2D eigenvalue weighted by Gasteiger charge is 2.35. The number of rotatable bonds is 8. The lowest BCUT2D eigenvalue weighted by atomic mass is 9.86. The first kappa shape index (κ1) is 23.9. The number of urea groups is 1. The molecule has 0 radical (unpaired) electrons. The van der Waals surface area contributed by atoms with E-state index in [1.807, 2.05) is 13.8 Å². The van der Waals surface area contributed by atoms with Gasteiger partial charge < -0.3 is 20.1 Å². The number of carbonyl (C=O) groups excluding carboxylic acids is 1. The van der Waals surface area contributed by atoms with Gasteiger partial charge in [-0.2, -0.15) is 0 Å². The van der Waals surface area contributed by atoms with Gasteiger partial charge in [0.05, 0.1) is 26.3 Å². The first-order valence-corrected chi connectivity index (χ1v) is 11.5. The monoisotopic (exact) mass is 439 g/mol. The third kappa shape index (κ3) is 5.54. The van der Waals surface area contributed by atoms with Gasteiger partial charge in [-0.15, -0.1) is 0 Å². The lowest BCUT2D eigenvalue weighted by Gasteiger charge is -2.42. The van der Waals surface area contributed by atoms with Crippen LogP contribution in [0, 0.1) is 6.92 Å². The largest absolute Gasteiger partial charge is 0.493 e. The Balaban J connectivity index is 1.99. The summed E-state index contributed by atoms with van der Waals surface area (Å²) in [6.45, 7) is 9.90. The molecule has 32 heavy (non-hydrogen) atoms. The maximum absolute atomic E-state index is 12.6. The first-order chi connectivity index (χ1) is 15.4. The molecule has 2 aromatic carbocycles. The fourth-order valence-corrected chi connectivity index (χ4v) is 4.48. The maximum Gasteiger partial charge on any atom is 0.315 e. The first-order valence-electron chi connectivity index (χ1n) is 11.5. The summed E-state index contributed by atoms with van der Waals surface area (Å²) in [6.07, 6.45) is 1.74. The number of hydrogen-bond acceptors (Lipinski definition) is 4. The minimum atomic E-state index is -0.130. The van der Waals surface area contributed by atoms with Crippen LogP contribution in [0.5, 0.6) is 11.5 Å². The van der Waals surface area contributed by atoms with E-state index in [0.717, 1.165) is 37.4 Å². The molecule has 6 nitrogen and oxygen atoms in total. The Hall–Kier alpha value is -2.73. The Kier molecular flexibility index (Phi) is 8.02. The molecular formula is C26H37N3O3. The van der Waals surface area contributed by atoms with Gasteiger partial charge in [-0.25, -0.2) is 4.79 Å². The summed E-state index contributed by atoms with van der Waals surface area (Å²) in [7, 11) is 3.33. The number of aryl methyl sites for hydroxylation is 1. The lowest BCUT2D eigenvalue weighted by molar-refractivity contribution is 0.135. The van der Waals surface area contributed by atoms with Crippen LogP contribution in [0.4, 0.5) is 4.79 Å². The molecule has 6 heteroatoms. The Morgan fingerprint density at radius 2 is 1.75 bits per heavy atom. The van der Waals surface area contributed by atoms with Gasteiger partial charge in [0.25, 0.3) is 0 Å². The number of ether oxygens (including phenoxy) is 2. The van der Waals surface area contributed by atoms with E-state index >= 15 is 0 Å². The average Bonchev–Trinajstić information content (AvgIpc) is 2.77. The molecule has 1 aliphatic heterocycles. The van der Waals surface area contributed by atoms with E-state index in [1.54, 1.807) is 14.2 Å². The van der Waals surface area contributed by atoms with Gasteiger partial charge in [0.15, 0.2) is 11.5 Å². The molecule has 0 unspecified atom stereocenters. The van der Waals surface area contributed by atoms with E-state index in [1.165, 1.54) is 22.3 Å². The molecule has 1 heterocycles. The fraction of sp³-hybridized carbons (Fsp3) is 0.500. The molecule has 0 spiro atoms. The standard InChI is InChI=1S/C26H37N3O3/c1-7-22(28-26(30)27-17(2)3)25-21-15-24(32-6)23(31-5)14-20(21)12-13-29(25)16-19-10-8-18(4)9-11-19/h8-11,14-15,17,22,25H,7,12-13,16H2,1-6H3,(H2,27,28,30)/t22-,25+/m0/s1. The zero-order valence-electron chi connectivity index (χ0n) is 20.2. The van der Waals surface area contributed by atoms with Crippen molar-refractivity contribution in [3.63, 3.8) is 0 Å². The number of nitrogens with zero attached hydrogens (tertiary/aromatic N) is 1. The number of fused-ring (bicyclic) bond motifs is 1. The van der Waals surface area contributed by atoms with E-state index in [0.29, 0.717) is 0 Å². The van der Waals surface area contributed by atoms with E-state index in [2.05, 4.69) is 65.8 Å². The number of benzene rings is 2. The molecule has 2 N–H and O–H groups in total. The van der Waals surface area contributed by atoms with Crippen molar-refractivity contribution in [1.82, 2.24) is 15.5 Å². The van der Waals surface area contributed by atoms with Gasteiger partial charge in [-0.1, -0.05) is 36.8 Å². The number of methoxy groups -OCH3 is 2. The quantitative estimate of drug-likeness (QED) is 0.631. The average molecular weight is 440 g/mol. The summed E-state index contributed by atoms with van der Waals surface area (Å²) >= 11 is 0. The highest BCUT2D eigenvalue weighted by Crippen LogP contribution is 2.40. The van der Waals surface area contributed by atoms with E-state index in [-0.39, 0.29) is 24.2 Å². The van der Waals surface area contributed by atoms with Gasteiger partial charge in [0.1, 0.15) is 0 Å². The summed E-state index contributed by atoms with van der Waals surface area (Å²) in [5, 5.41) is 6.20. The van der Waals surface area contributed by atoms with Crippen LogP contribution in [0.15, 0.2) is 36.4 Å². The van der Waals surface area contributed by atoms with Crippen molar-refractivity contribution in [2.24, 2.45) is 0 Å². The molecular weight excluding hydrogens is 402 g/mol. The van der Waals surface area contributed by atoms with Crippen molar-refractivity contribution in [2.75, 3.05) is 20.8 Å². The normalized spacial score (nSPS) is 16.9. The van der Waals surface area contributed by atoms with Gasteiger partial charge in [0.2, 0.25) is 0 Å². The molecule has 2 aromatic rings. The minimum Gasteiger partial charge on any atom is -0.493 e. The third-order valence-corrected chi connectivity index (χ3v) is 6.09. The number of carbonyl (C=O) groups is 1. The number of nitrogens with one attached hydrogen (secondary N) is 2. The number of hydrogen-bond donors (Lipinski definition) is 2. The third-order valence-electron chi connectivity index (χ3n) is 6.09. The Morgan fingerprint density at radius 3 is 2.34 bits per heavy atom. The topological polar surface area (TPSA) is 62.8 Å². The molecule has 2 amide bonds. The summed E-state index contributed by atoms with van der Waals surface area (Å²) in [5.74, 6) is 1.46. The van der Waals surface area contributed by atoms with Crippen LogP contribution in [0.1, 0.15) is 55.5 Å².